The number of hydrogen-bond donors (Lipinski definition) is 0. The lowest BCUT2D eigenvalue weighted by atomic mass is 9.60. The van der Waals surface area contributed by atoms with Crippen LogP contribution in [0.25, 0.3) is 0 Å². The summed E-state index contributed by atoms with van der Waals surface area (Å²) in [5.74, 6) is 1.11. The molecule has 0 aliphatic heterocycles. The van der Waals surface area contributed by atoms with E-state index in [4.69, 9.17) is 0 Å². The van der Waals surface area contributed by atoms with E-state index in [1.165, 1.54) is 38.5 Å². The van der Waals surface area contributed by atoms with E-state index in [0.717, 1.165) is 5.92 Å². The van der Waals surface area contributed by atoms with Crippen LogP contribution in [0.3, 0.4) is 0 Å². The third-order valence-electron chi connectivity index (χ3n) is 3.76. The lowest BCUT2D eigenvalue weighted by Gasteiger charge is -2.46. The van der Waals surface area contributed by atoms with Crippen molar-refractivity contribution in [2.75, 3.05) is 0 Å². The second-order valence-electron chi connectivity index (χ2n) is 4.13. The highest BCUT2D eigenvalue weighted by atomic mass is 14.4. The van der Waals surface area contributed by atoms with Crippen molar-refractivity contribution in [3.05, 3.63) is 6.42 Å². The van der Waals surface area contributed by atoms with Gasteiger partial charge in [-0.2, -0.15) is 0 Å². The Hall–Kier alpha value is 0. The molecular formula is C10H17. The summed E-state index contributed by atoms with van der Waals surface area (Å²) in [5, 5.41) is 0. The van der Waals surface area contributed by atoms with Gasteiger partial charge in [0.15, 0.2) is 0 Å². The molecule has 10 heavy (non-hydrogen) atoms. The van der Waals surface area contributed by atoms with Crippen molar-refractivity contribution in [1.29, 1.82) is 0 Å². The molecule has 0 aromatic carbocycles. The first kappa shape index (κ1) is 6.69. The minimum Gasteiger partial charge on any atom is -0.0617 e. The normalized spacial score (nSPS) is 45.9. The van der Waals surface area contributed by atoms with E-state index in [-0.39, 0.29) is 0 Å². The zero-order valence-corrected chi connectivity index (χ0v) is 6.90. The van der Waals surface area contributed by atoms with E-state index < -0.39 is 0 Å². The zero-order valence-electron chi connectivity index (χ0n) is 6.90. The molecule has 0 heteroatoms. The van der Waals surface area contributed by atoms with Gasteiger partial charge >= 0.3 is 0 Å². The minimum atomic E-state index is 0.703. The van der Waals surface area contributed by atoms with E-state index in [0.29, 0.717) is 5.41 Å². The van der Waals surface area contributed by atoms with Gasteiger partial charge in [0.25, 0.3) is 0 Å². The Morgan fingerprint density at radius 1 is 1.10 bits per heavy atom. The van der Waals surface area contributed by atoms with Gasteiger partial charge in [-0.1, -0.05) is 6.92 Å². The van der Waals surface area contributed by atoms with Crippen LogP contribution in [0.4, 0.5) is 0 Å². The zero-order chi connectivity index (χ0) is 7.03. The molecule has 0 heterocycles. The monoisotopic (exact) mass is 137 g/mol. The average molecular weight is 137 g/mol. The van der Waals surface area contributed by atoms with Crippen molar-refractivity contribution in [3.63, 3.8) is 0 Å². The fraction of sp³-hybridized carbons (Fsp3) is 0.900. The molecule has 0 spiro atoms. The first-order valence-electron chi connectivity index (χ1n) is 4.65. The maximum Gasteiger partial charge on any atom is -0.0269 e. The van der Waals surface area contributed by atoms with Gasteiger partial charge in [0.2, 0.25) is 0 Å². The van der Waals surface area contributed by atoms with Gasteiger partial charge in [0.1, 0.15) is 0 Å². The molecule has 0 unspecified atom stereocenters. The van der Waals surface area contributed by atoms with Crippen LogP contribution in [0, 0.1) is 17.8 Å². The third kappa shape index (κ3) is 0.889. The highest BCUT2D eigenvalue weighted by molar-refractivity contribution is 4.97. The summed E-state index contributed by atoms with van der Waals surface area (Å²) in [7, 11) is 0. The largest absolute Gasteiger partial charge is 0.0617 e. The van der Waals surface area contributed by atoms with Gasteiger partial charge in [-0.25, -0.2) is 0 Å². The molecule has 1 radical (unpaired) electrons. The van der Waals surface area contributed by atoms with Crippen molar-refractivity contribution in [3.8, 4) is 0 Å². The molecule has 3 saturated carbocycles. The lowest BCUT2D eigenvalue weighted by molar-refractivity contribution is 0.0957. The Kier molecular flexibility index (Phi) is 1.51. The fourth-order valence-electron chi connectivity index (χ4n) is 2.72. The molecule has 0 saturated heterocycles. The van der Waals surface area contributed by atoms with E-state index >= 15 is 0 Å². The summed E-state index contributed by atoms with van der Waals surface area (Å²) < 4.78 is 0. The topological polar surface area (TPSA) is 0 Å². The third-order valence-corrected chi connectivity index (χ3v) is 3.76. The van der Waals surface area contributed by atoms with Crippen LogP contribution in [0.15, 0.2) is 0 Å². The standard InChI is InChI=1S/C10H17/c1-2-10-6-3-9(4-7-10)5-8-10/h2,9H,3-8H2,1H3. The van der Waals surface area contributed by atoms with Crippen molar-refractivity contribution in [1.82, 2.24) is 0 Å². The van der Waals surface area contributed by atoms with Crippen LogP contribution >= 0.6 is 0 Å². The summed E-state index contributed by atoms with van der Waals surface area (Å²) in [6.45, 7) is 2.26. The lowest BCUT2D eigenvalue weighted by Crippen LogP contribution is -2.33. The average Bonchev–Trinajstić information content (AvgIpc) is 2.08. The molecule has 3 aliphatic rings. The van der Waals surface area contributed by atoms with Crippen molar-refractivity contribution in [2.45, 2.75) is 45.4 Å². The molecule has 0 nitrogen and oxygen atoms in total. The molecular weight excluding hydrogens is 120 g/mol. The van der Waals surface area contributed by atoms with Crippen LogP contribution in [0.2, 0.25) is 0 Å². The first-order chi connectivity index (χ1) is 4.85. The van der Waals surface area contributed by atoms with Gasteiger partial charge in [-0.3, -0.25) is 0 Å². The molecule has 0 amide bonds. The van der Waals surface area contributed by atoms with Crippen molar-refractivity contribution in [2.24, 2.45) is 11.3 Å². The molecule has 57 valence electrons. The van der Waals surface area contributed by atoms with Gasteiger partial charge in [0, 0.05) is 0 Å². The Bertz CT molecular complexity index is 104. The van der Waals surface area contributed by atoms with Crippen LogP contribution in [0.1, 0.15) is 45.4 Å². The summed E-state index contributed by atoms with van der Waals surface area (Å²) in [4.78, 5) is 0. The molecule has 3 fully saturated rings. The van der Waals surface area contributed by atoms with Crippen LogP contribution < -0.4 is 0 Å². The Balaban J connectivity index is 2.08. The molecule has 0 atom stereocenters. The summed E-state index contributed by atoms with van der Waals surface area (Å²) in [6, 6.07) is 0. The van der Waals surface area contributed by atoms with E-state index in [2.05, 4.69) is 13.3 Å². The molecule has 3 rings (SSSR count). The van der Waals surface area contributed by atoms with E-state index in [1.807, 2.05) is 0 Å². The number of rotatable bonds is 1. The van der Waals surface area contributed by atoms with E-state index in [9.17, 15) is 0 Å². The van der Waals surface area contributed by atoms with Gasteiger partial charge < -0.3 is 0 Å². The maximum absolute atomic E-state index is 2.47. The molecule has 3 aliphatic carbocycles. The highest BCUT2D eigenvalue weighted by Gasteiger charge is 2.38. The SMILES string of the molecule is C[CH]C12CCC(CC1)CC2. The summed E-state index contributed by atoms with van der Waals surface area (Å²) >= 11 is 0. The van der Waals surface area contributed by atoms with Crippen LogP contribution in [-0.4, -0.2) is 0 Å². The minimum absolute atomic E-state index is 0.703. The Morgan fingerprint density at radius 3 is 1.90 bits per heavy atom. The van der Waals surface area contributed by atoms with E-state index in [1.54, 1.807) is 0 Å². The molecule has 0 aromatic heterocycles. The predicted molar refractivity (Wildman–Crippen MR) is 43.6 cm³/mol. The molecule has 2 bridgehead atoms. The number of hydrogen-bond acceptors (Lipinski definition) is 0. The van der Waals surface area contributed by atoms with Crippen LogP contribution in [0.5, 0.6) is 0 Å². The van der Waals surface area contributed by atoms with Gasteiger partial charge in [0.05, 0.1) is 0 Å². The summed E-state index contributed by atoms with van der Waals surface area (Å²) in [6.07, 6.45) is 11.5. The second-order valence-corrected chi connectivity index (χ2v) is 4.13. The quantitative estimate of drug-likeness (QED) is 0.520. The highest BCUT2D eigenvalue weighted by Crippen LogP contribution is 2.51. The maximum atomic E-state index is 2.47. The fourth-order valence-corrected chi connectivity index (χ4v) is 2.72. The van der Waals surface area contributed by atoms with Crippen LogP contribution in [-0.2, 0) is 0 Å². The Morgan fingerprint density at radius 2 is 1.60 bits per heavy atom. The first-order valence-corrected chi connectivity index (χ1v) is 4.65. The molecule has 0 aromatic rings. The predicted octanol–water partition coefficient (Wildman–Crippen LogP) is 3.18. The van der Waals surface area contributed by atoms with Gasteiger partial charge in [-0.15, -0.1) is 0 Å². The van der Waals surface area contributed by atoms with Crippen molar-refractivity contribution >= 4 is 0 Å². The Labute approximate surface area is 64.0 Å². The smallest absolute Gasteiger partial charge is 0.0269 e. The second kappa shape index (κ2) is 2.25. The summed E-state index contributed by atoms with van der Waals surface area (Å²) in [5.41, 5.74) is 0.703. The van der Waals surface area contributed by atoms with Gasteiger partial charge in [-0.05, 0) is 56.3 Å². The number of fused-ring (bicyclic) bond motifs is 3. The molecule has 0 N–H and O–H groups in total. The van der Waals surface area contributed by atoms with Crippen molar-refractivity contribution < 1.29 is 0 Å².